The van der Waals surface area contributed by atoms with E-state index in [0.29, 0.717) is 21.7 Å². The Hall–Kier alpha value is -2.30. The van der Waals surface area contributed by atoms with E-state index in [0.717, 1.165) is 11.3 Å². The predicted octanol–water partition coefficient (Wildman–Crippen LogP) is 3.93. The molecule has 2 aromatic carbocycles. The van der Waals surface area contributed by atoms with Crippen LogP contribution in [0.4, 0.5) is 5.69 Å². The van der Waals surface area contributed by atoms with Crippen LogP contribution in [-0.2, 0) is 4.79 Å². The molecule has 0 atom stereocenters. The van der Waals surface area contributed by atoms with Crippen molar-refractivity contribution in [2.45, 2.75) is 0 Å². The van der Waals surface area contributed by atoms with Crippen LogP contribution in [0.2, 0.25) is 10.0 Å². The maximum atomic E-state index is 11.9. The van der Waals surface area contributed by atoms with Crippen LogP contribution in [-0.4, -0.2) is 11.9 Å². The number of aliphatic imine (C=N–C) groups is 1. The van der Waals surface area contributed by atoms with Gasteiger partial charge in [0.05, 0.1) is 0 Å². The molecular formula is C16H11Cl2N3O. The van der Waals surface area contributed by atoms with Crippen molar-refractivity contribution < 1.29 is 4.79 Å². The van der Waals surface area contributed by atoms with Crippen LogP contribution >= 0.6 is 23.2 Å². The third-order valence-electron chi connectivity index (χ3n) is 3.00. The Morgan fingerprint density at radius 2 is 1.77 bits per heavy atom. The van der Waals surface area contributed by atoms with Gasteiger partial charge in [-0.2, -0.15) is 0 Å². The van der Waals surface area contributed by atoms with Gasteiger partial charge in [0.1, 0.15) is 5.70 Å². The van der Waals surface area contributed by atoms with E-state index < -0.39 is 0 Å². The molecular weight excluding hydrogens is 321 g/mol. The van der Waals surface area contributed by atoms with E-state index in [1.807, 2.05) is 18.2 Å². The summed E-state index contributed by atoms with van der Waals surface area (Å²) in [5.41, 5.74) is 1.82. The molecule has 0 aliphatic carbocycles. The van der Waals surface area contributed by atoms with Crippen LogP contribution in [0.5, 0.6) is 0 Å². The van der Waals surface area contributed by atoms with Crippen molar-refractivity contribution >= 4 is 46.8 Å². The maximum Gasteiger partial charge on any atom is 0.276 e. The summed E-state index contributed by atoms with van der Waals surface area (Å²) in [4.78, 5) is 16.2. The molecule has 0 unspecified atom stereocenters. The molecule has 1 aliphatic rings. The minimum atomic E-state index is -0.281. The largest absolute Gasteiger partial charge is 0.326 e. The van der Waals surface area contributed by atoms with Crippen LogP contribution in [0, 0.1) is 0 Å². The van der Waals surface area contributed by atoms with Gasteiger partial charge in [0.25, 0.3) is 5.91 Å². The van der Waals surface area contributed by atoms with Crippen molar-refractivity contribution in [2.24, 2.45) is 4.99 Å². The first-order valence-electron chi connectivity index (χ1n) is 6.51. The van der Waals surface area contributed by atoms with Gasteiger partial charge >= 0.3 is 0 Å². The number of halogens is 2. The smallest absolute Gasteiger partial charge is 0.276 e. The SMILES string of the molecule is O=C1NC(Nc2ccc(Cl)cc2)=N/C1=C/c1ccccc1Cl. The molecule has 0 fully saturated rings. The summed E-state index contributed by atoms with van der Waals surface area (Å²) < 4.78 is 0. The standard InChI is InChI=1S/C16H11Cl2N3O/c17-11-5-7-12(8-6-11)19-16-20-14(15(22)21-16)9-10-3-1-2-4-13(10)18/h1-9H,(H2,19,20,21,22)/b14-9+. The van der Waals surface area contributed by atoms with Gasteiger partial charge in [-0.05, 0) is 42.0 Å². The molecule has 2 aromatic rings. The van der Waals surface area contributed by atoms with Crippen LogP contribution in [0.15, 0.2) is 59.2 Å². The van der Waals surface area contributed by atoms with Crippen LogP contribution in [0.25, 0.3) is 6.08 Å². The third-order valence-corrected chi connectivity index (χ3v) is 3.60. The highest BCUT2D eigenvalue weighted by Crippen LogP contribution is 2.20. The van der Waals surface area contributed by atoms with Crippen molar-refractivity contribution in [1.29, 1.82) is 0 Å². The second-order valence-electron chi connectivity index (χ2n) is 4.60. The Labute approximate surface area is 137 Å². The van der Waals surface area contributed by atoms with E-state index in [2.05, 4.69) is 15.6 Å². The summed E-state index contributed by atoms with van der Waals surface area (Å²) in [7, 11) is 0. The molecule has 22 heavy (non-hydrogen) atoms. The lowest BCUT2D eigenvalue weighted by molar-refractivity contribution is -0.115. The fourth-order valence-corrected chi connectivity index (χ4v) is 2.25. The van der Waals surface area contributed by atoms with Gasteiger partial charge in [-0.15, -0.1) is 0 Å². The van der Waals surface area contributed by atoms with Crippen molar-refractivity contribution in [1.82, 2.24) is 5.32 Å². The van der Waals surface area contributed by atoms with Gasteiger partial charge in [-0.3, -0.25) is 10.1 Å². The predicted molar refractivity (Wildman–Crippen MR) is 90.1 cm³/mol. The Morgan fingerprint density at radius 3 is 2.50 bits per heavy atom. The third kappa shape index (κ3) is 3.30. The number of amides is 1. The molecule has 0 aromatic heterocycles. The van der Waals surface area contributed by atoms with E-state index in [4.69, 9.17) is 23.2 Å². The zero-order chi connectivity index (χ0) is 15.5. The summed E-state index contributed by atoms with van der Waals surface area (Å²) in [5.74, 6) is 0.0852. The monoisotopic (exact) mass is 331 g/mol. The molecule has 3 rings (SSSR count). The zero-order valence-electron chi connectivity index (χ0n) is 11.3. The number of rotatable bonds is 2. The van der Waals surface area contributed by atoms with Crippen molar-refractivity contribution in [3.05, 3.63) is 69.8 Å². The average molecular weight is 332 g/mol. The Kier molecular flexibility index (Phi) is 4.13. The van der Waals surface area contributed by atoms with Gasteiger partial charge < -0.3 is 5.32 Å². The van der Waals surface area contributed by atoms with E-state index in [9.17, 15) is 4.79 Å². The molecule has 1 aliphatic heterocycles. The number of carbonyl (C=O) groups is 1. The molecule has 4 nitrogen and oxygen atoms in total. The Bertz CT molecular complexity index is 782. The molecule has 1 heterocycles. The van der Waals surface area contributed by atoms with E-state index >= 15 is 0 Å². The summed E-state index contributed by atoms with van der Waals surface area (Å²) in [6.45, 7) is 0. The number of benzene rings is 2. The minimum Gasteiger partial charge on any atom is -0.326 e. The number of carbonyl (C=O) groups excluding carboxylic acids is 1. The van der Waals surface area contributed by atoms with Crippen LogP contribution < -0.4 is 10.6 Å². The molecule has 0 bridgehead atoms. The Balaban J connectivity index is 1.82. The first-order valence-corrected chi connectivity index (χ1v) is 7.26. The lowest BCUT2D eigenvalue weighted by Crippen LogP contribution is -2.29. The van der Waals surface area contributed by atoms with E-state index in [-0.39, 0.29) is 5.91 Å². The second kappa shape index (κ2) is 6.22. The van der Waals surface area contributed by atoms with Crippen LogP contribution in [0.3, 0.4) is 0 Å². The molecule has 1 amide bonds. The molecule has 0 radical (unpaired) electrons. The first-order chi connectivity index (χ1) is 10.6. The number of guanidine groups is 1. The molecule has 0 spiro atoms. The van der Waals surface area contributed by atoms with Gasteiger partial charge in [0.15, 0.2) is 0 Å². The van der Waals surface area contributed by atoms with Gasteiger partial charge in [0, 0.05) is 15.7 Å². The molecule has 0 saturated carbocycles. The Morgan fingerprint density at radius 1 is 1.05 bits per heavy atom. The highest BCUT2D eigenvalue weighted by Gasteiger charge is 2.20. The summed E-state index contributed by atoms with van der Waals surface area (Å²) >= 11 is 11.9. The second-order valence-corrected chi connectivity index (χ2v) is 5.44. The van der Waals surface area contributed by atoms with Gasteiger partial charge in [-0.1, -0.05) is 41.4 Å². The fraction of sp³-hybridized carbons (Fsp3) is 0. The maximum absolute atomic E-state index is 11.9. The number of hydrogen-bond donors (Lipinski definition) is 2. The first kappa shape index (κ1) is 14.6. The molecule has 110 valence electrons. The number of anilines is 1. The van der Waals surface area contributed by atoms with Gasteiger partial charge in [0.2, 0.25) is 5.96 Å². The zero-order valence-corrected chi connectivity index (χ0v) is 12.8. The van der Waals surface area contributed by atoms with Gasteiger partial charge in [-0.25, -0.2) is 4.99 Å². The van der Waals surface area contributed by atoms with E-state index in [1.54, 1.807) is 36.4 Å². The molecule has 2 N–H and O–H groups in total. The van der Waals surface area contributed by atoms with Crippen LogP contribution in [0.1, 0.15) is 5.56 Å². The number of hydrogen-bond acceptors (Lipinski definition) is 3. The van der Waals surface area contributed by atoms with Crippen molar-refractivity contribution in [2.75, 3.05) is 5.32 Å². The molecule has 6 heteroatoms. The topological polar surface area (TPSA) is 53.5 Å². The normalized spacial score (nSPS) is 15.6. The lowest BCUT2D eigenvalue weighted by Gasteiger charge is -2.04. The minimum absolute atomic E-state index is 0.281. The fourth-order valence-electron chi connectivity index (χ4n) is 1.94. The number of nitrogens with one attached hydrogen (secondary N) is 2. The molecule has 0 saturated heterocycles. The lowest BCUT2D eigenvalue weighted by atomic mass is 10.2. The highest BCUT2D eigenvalue weighted by molar-refractivity contribution is 6.32. The number of nitrogens with zero attached hydrogens (tertiary/aromatic N) is 1. The summed E-state index contributed by atoms with van der Waals surface area (Å²) in [6.07, 6.45) is 1.65. The van der Waals surface area contributed by atoms with Crippen molar-refractivity contribution in [3.8, 4) is 0 Å². The van der Waals surface area contributed by atoms with Crippen molar-refractivity contribution in [3.63, 3.8) is 0 Å². The quantitative estimate of drug-likeness (QED) is 0.819. The average Bonchev–Trinajstić information content (AvgIpc) is 2.84. The summed E-state index contributed by atoms with van der Waals surface area (Å²) in [6, 6.07) is 14.4. The van der Waals surface area contributed by atoms with E-state index in [1.165, 1.54) is 0 Å². The highest BCUT2D eigenvalue weighted by atomic mass is 35.5. The summed E-state index contributed by atoms with van der Waals surface area (Å²) in [5, 5.41) is 6.88.